The van der Waals surface area contributed by atoms with Crippen LogP contribution >= 0.6 is 23.2 Å². The molecule has 1 heterocycles. The van der Waals surface area contributed by atoms with Crippen molar-refractivity contribution in [3.05, 3.63) is 40.1 Å². The van der Waals surface area contributed by atoms with Gasteiger partial charge < -0.3 is 4.74 Å². The molecule has 2 aromatic rings. The summed E-state index contributed by atoms with van der Waals surface area (Å²) in [6.45, 7) is 1.85. The van der Waals surface area contributed by atoms with E-state index in [0.717, 1.165) is 11.1 Å². The first-order valence-electron chi connectivity index (χ1n) is 4.95. The van der Waals surface area contributed by atoms with Gasteiger partial charge in [0.05, 0.1) is 12.7 Å². The lowest BCUT2D eigenvalue weighted by molar-refractivity contribution is 0.416. The minimum Gasteiger partial charge on any atom is -0.496 e. The number of hydrogen-bond acceptors (Lipinski definition) is 3. The molecular weight excluding hydrogens is 259 g/mol. The summed E-state index contributed by atoms with van der Waals surface area (Å²) < 4.78 is 5.24. The molecule has 3 nitrogen and oxygen atoms in total. The second-order valence-corrected chi connectivity index (χ2v) is 4.31. The van der Waals surface area contributed by atoms with E-state index in [2.05, 4.69) is 9.97 Å². The van der Waals surface area contributed by atoms with E-state index in [1.807, 2.05) is 6.92 Å². The molecule has 0 atom stereocenters. The Labute approximate surface area is 109 Å². The van der Waals surface area contributed by atoms with Crippen LogP contribution in [-0.2, 0) is 0 Å². The fourth-order valence-electron chi connectivity index (χ4n) is 1.41. The summed E-state index contributed by atoms with van der Waals surface area (Å²) >= 11 is 11.9. The Hall–Kier alpha value is -1.32. The summed E-state index contributed by atoms with van der Waals surface area (Å²) in [5.41, 5.74) is 1.55. The van der Waals surface area contributed by atoms with Gasteiger partial charge in [0.2, 0.25) is 0 Å². The first-order valence-corrected chi connectivity index (χ1v) is 5.70. The summed E-state index contributed by atoms with van der Waals surface area (Å²) in [7, 11) is 1.59. The fraction of sp³-hybridized carbons (Fsp3) is 0.167. The maximum atomic E-state index is 5.97. The van der Waals surface area contributed by atoms with E-state index < -0.39 is 0 Å². The third kappa shape index (κ3) is 2.51. The van der Waals surface area contributed by atoms with Crippen LogP contribution in [0.3, 0.4) is 0 Å². The minimum atomic E-state index is 0.428. The van der Waals surface area contributed by atoms with Crippen molar-refractivity contribution in [2.24, 2.45) is 0 Å². The van der Waals surface area contributed by atoms with E-state index in [4.69, 9.17) is 27.9 Å². The molecule has 5 heteroatoms. The Morgan fingerprint density at radius 1 is 1.24 bits per heavy atom. The number of halogens is 2. The van der Waals surface area contributed by atoms with Gasteiger partial charge in [-0.1, -0.05) is 23.2 Å². The summed E-state index contributed by atoms with van der Waals surface area (Å²) in [6.07, 6.45) is 1.67. The quantitative estimate of drug-likeness (QED) is 0.778. The summed E-state index contributed by atoms with van der Waals surface area (Å²) in [4.78, 5) is 8.43. The number of aryl methyl sites for hydroxylation is 1. The minimum absolute atomic E-state index is 0.428. The Morgan fingerprint density at radius 3 is 2.65 bits per heavy atom. The zero-order valence-electron chi connectivity index (χ0n) is 9.37. The SMILES string of the molecule is COc1ccc(Cl)cc1-c1ncc(C)c(Cl)n1. The summed E-state index contributed by atoms with van der Waals surface area (Å²) in [5.74, 6) is 1.16. The summed E-state index contributed by atoms with van der Waals surface area (Å²) in [6, 6.07) is 5.27. The van der Waals surface area contributed by atoms with Crippen molar-refractivity contribution in [1.29, 1.82) is 0 Å². The zero-order valence-corrected chi connectivity index (χ0v) is 10.9. The zero-order chi connectivity index (χ0) is 12.4. The number of hydrogen-bond donors (Lipinski definition) is 0. The molecular formula is C12H10Cl2N2O. The molecule has 0 saturated carbocycles. The monoisotopic (exact) mass is 268 g/mol. The molecule has 0 saturated heterocycles. The molecule has 1 aromatic carbocycles. The van der Waals surface area contributed by atoms with E-state index in [1.165, 1.54) is 0 Å². The van der Waals surface area contributed by atoms with Gasteiger partial charge in [0.15, 0.2) is 5.82 Å². The lowest BCUT2D eigenvalue weighted by Gasteiger charge is -2.08. The molecule has 0 aliphatic carbocycles. The van der Waals surface area contributed by atoms with Crippen molar-refractivity contribution in [3.8, 4) is 17.1 Å². The van der Waals surface area contributed by atoms with Crippen LogP contribution in [0.5, 0.6) is 5.75 Å². The molecule has 1 aromatic heterocycles. The molecule has 88 valence electrons. The van der Waals surface area contributed by atoms with Crippen LogP contribution in [-0.4, -0.2) is 17.1 Å². The normalized spacial score (nSPS) is 10.4. The van der Waals surface area contributed by atoms with E-state index >= 15 is 0 Å². The molecule has 0 aliphatic rings. The van der Waals surface area contributed by atoms with Gasteiger partial charge in [0.25, 0.3) is 0 Å². The van der Waals surface area contributed by atoms with Crippen LogP contribution in [0.15, 0.2) is 24.4 Å². The molecule has 0 radical (unpaired) electrons. The van der Waals surface area contributed by atoms with Crippen molar-refractivity contribution < 1.29 is 4.74 Å². The van der Waals surface area contributed by atoms with Crippen molar-refractivity contribution in [1.82, 2.24) is 9.97 Å². The van der Waals surface area contributed by atoms with Gasteiger partial charge in [-0.15, -0.1) is 0 Å². The molecule has 0 spiro atoms. The molecule has 0 N–H and O–H groups in total. The highest BCUT2D eigenvalue weighted by atomic mass is 35.5. The smallest absolute Gasteiger partial charge is 0.164 e. The second-order valence-electron chi connectivity index (χ2n) is 3.51. The molecule has 0 fully saturated rings. The van der Waals surface area contributed by atoms with Crippen LogP contribution in [0.2, 0.25) is 10.2 Å². The van der Waals surface area contributed by atoms with Crippen LogP contribution in [0.4, 0.5) is 0 Å². The Kier molecular flexibility index (Phi) is 3.50. The third-order valence-corrected chi connectivity index (χ3v) is 2.93. The predicted octanol–water partition coefficient (Wildman–Crippen LogP) is 3.77. The highest BCUT2D eigenvalue weighted by Gasteiger charge is 2.10. The van der Waals surface area contributed by atoms with Crippen LogP contribution < -0.4 is 4.74 Å². The number of methoxy groups -OCH3 is 1. The Morgan fingerprint density at radius 2 is 2.00 bits per heavy atom. The van der Waals surface area contributed by atoms with E-state index in [0.29, 0.717) is 21.7 Å². The summed E-state index contributed by atoms with van der Waals surface area (Å²) in [5, 5.41) is 1.03. The van der Waals surface area contributed by atoms with Crippen LogP contribution in [0, 0.1) is 6.92 Å². The first-order chi connectivity index (χ1) is 8.11. The van der Waals surface area contributed by atoms with Gasteiger partial charge in [0, 0.05) is 16.8 Å². The van der Waals surface area contributed by atoms with E-state index in [-0.39, 0.29) is 0 Å². The Bertz CT molecular complexity index is 558. The van der Waals surface area contributed by atoms with E-state index in [9.17, 15) is 0 Å². The van der Waals surface area contributed by atoms with Gasteiger partial charge in [0.1, 0.15) is 10.9 Å². The third-order valence-electron chi connectivity index (χ3n) is 2.31. The first kappa shape index (κ1) is 12.1. The standard InChI is InChI=1S/C12H10Cl2N2O/c1-7-6-15-12(16-11(7)14)9-5-8(13)3-4-10(9)17-2/h3-6H,1-2H3. The van der Waals surface area contributed by atoms with Gasteiger partial charge in [-0.2, -0.15) is 0 Å². The molecule has 0 aliphatic heterocycles. The average molecular weight is 269 g/mol. The Balaban J connectivity index is 2.58. The average Bonchev–Trinajstić information content (AvgIpc) is 2.32. The van der Waals surface area contributed by atoms with Gasteiger partial charge in [-0.3, -0.25) is 0 Å². The largest absolute Gasteiger partial charge is 0.496 e. The lowest BCUT2D eigenvalue weighted by Crippen LogP contribution is -1.94. The van der Waals surface area contributed by atoms with Crippen molar-refractivity contribution in [3.63, 3.8) is 0 Å². The number of benzene rings is 1. The highest BCUT2D eigenvalue weighted by Crippen LogP contribution is 2.30. The lowest BCUT2D eigenvalue weighted by atomic mass is 10.2. The topological polar surface area (TPSA) is 35.0 Å². The van der Waals surface area contributed by atoms with Crippen LogP contribution in [0.25, 0.3) is 11.4 Å². The molecule has 0 unspecified atom stereocenters. The van der Waals surface area contributed by atoms with Crippen LogP contribution in [0.1, 0.15) is 5.56 Å². The highest BCUT2D eigenvalue weighted by molar-refractivity contribution is 6.31. The van der Waals surface area contributed by atoms with E-state index in [1.54, 1.807) is 31.5 Å². The number of ether oxygens (including phenoxy) is 1. The maximum absolute atomic E-state index is 5.97. The number of aromatic nitrogens is 2. The predicted molar refractivity (Wildman–Crippen MR) is 68.8 cm³/mol. The van der Waals surface area contributed by atoms with Crippen molar-refractivity contribution in [2.45, 2.75) is 6.92 Å². The molecule has 0 amide bonds. The van der Waals surface area contributed by atoms with Crippen molar-refractivity contribution in [2.75, 3.05) is 7.11 Å². The number of nitrogens with zero attached hydrogens (tertiary/aromatic N) is 2. The van der Waals surface area contributed by atoms with Gasteiger partial charge in [-0.25, -0.2) is 9.97 Å². The van der Waals surface area contributed by atoms with Crippen molar-refractivity contribution >= 4 is 23.2 Å². The maximum Gasteiger partial charge on any atom is 0.164 e. The van der Waals surface area contributed by atoms with Gasteiger partial charge >= 0.3 is 0 Å². The molecule has 2 rings (SSSR count). The fourth-order valence-corrected chi connectivity index (χ4v) is 1.71. The van der Waals surface area contributed by atoms with Gasteiger partial charge in [-0.05, 0) is 25.1 Å². The number of rotatable bonds is 2. The second kappa shape index (κ2) is 4.90. The molecule has 0 bridgehead atoms. The molecule has 17 heavy (non-hydrogen) atoms.